The van der Waals surface area contributed by atoms with Crippen LogP contribution in [0.5, 0.6) is 11.5 Å². The van der Waals surface area contributed by atoms with Crippen LogP contribution in [0.15, 0.2) is 42.5 Å². The molecular formula is C21H24ClN3O3. The van der Waals surface area contributed by atoms with Crippen molar-refractivity contribution >= 4 is 28.9 Å². The molecule has 7 heteroatoms. The molecule has 1 amide bonds. The van der Waals surface area contributed by atoms with Crippen LogP contribution in [0.4, 0.5) is 11.4 Å². The maximum atomic E-state index is 12.9. The predicted octanol–water partition coefficient (Wildman–Crippen LogP) is 2.90. The molecule has 0 atom stereocenters. The Morgan fingerprint density at radius 1 is 1.11 bits per heavy atom. The van der Waals surface area contributed by atoms with E-state index >= 15 is 0 Å². The number of para-hydroxylation sites is 2. The number of methoxy groups -OCH3 is 1. The fourth-order valence-corrected chi connectivity index (χ4v) is 3.91. The minimum atomic E-state index is 0.157. The topological polar surface area (TPSA) is 45.2 Å². The Bertz CT molecular complexity index is 853. The van der Waals surface area contributed by atoms with Gasteiger partial charge in [-0.15, -0.1) is 0 Å². The Kier molecular flexibility index (Phi) is 5.48. The molecule has 2 aliphatic rings. The first-order valence-electron chi connectivity index (χ1n) is 9.49. The Balaban J connectivity index is 1.36. The fraction of sp³-hybridized carbons (Fsp3) is 0.381. The molecule has 0 saturated carbocycles. The summed E-state index contributed by atoms with van der Waals surface area (Å²) in [6.45, 7) is 4.71. The highest BCUT2D eigenvalue weighted by Gasteiger charge is 2.25. The highest BCUT2D eigenvalue weighted by atomic mass is 35.5. The number of fused-ring (bicyclic) bond motifs is 1. The lowest BCUT2D eigenvalue weighted by Crippen LogP contribution is -2.52. The third-order valence-corrected chi connectivity index (χ3v) is 5.60. The molecule has 6 nitrogen and oxygen atoms in total. The number of ether oxygens (including phenoxy) is 2. The summed E-state index contributed by atoms with van der Waals surface area (Å²) in [6, 6.07) is 13.7. The molecule has 2 aliphatic heterocycles. The normalized spacial score (nSPS) is 16.4. The van der Waals surface area contributed by atoms with Crippen molar-refractivity contribution in [1.29, 1.82) is 0 Å². The third-order valence-electron chi connectivity index (χ3n) is 5.28. The van der Waals surface area contributed by atoms with Crippen molar-refractivity contribution < 1.29 is 14.3 Å². The largest absolute Gasteiger partial charge is 0.495 e. The van der Waals surface area contributed by atoms with Crippen LogP contribution in [0.2, 0.25) is 5.02 Å². The van der Waals surface area contributed by atoms with Crippen molar-refractivity contribution in [2.75, 3.05) is 62.8 Å². The van der Waals surface area contributed by atoms with E-state index in [0.29, 0.717) is 37.0 Å². The Hall–Kier alpha value is -2.60. The highest BCUT2D eigenvalue weighted by molar-refractivity contribution is 6.32. The fourth-order valence-electron chi connectivity index (χ4n) is 3.71. The summed E-state index contributed by atoms with van der Waals surface area (Å²) < 4.78 is 11.0. The number of carbonyl (C=O) groups excluding carboxylic acids is 1. The van der Waals surface area contributed by atoms with Crippen molar-refractivity contribution in [3.8, 4) is 11.5 Å². The molecule has 28 heavy (non-hydrogen) atoms. The van der Waals surface area contributed by atoms with Crippen LogP contribution in [0, 0.1) is 0 Å². The van der Waals surface area contributed by atoms with E-state index in [1.807, 2.05) is 47.4 Å². The van der Waals surface area contributed by atoms with Gasteiger partial charge in [0, 0.05) is 37.9 Å². The molecule has 2 aromatic rings. The number of anilines is 2. The van der Waals surface area contributed by atoms with E-state index in [4.69, 9.17) is 21.1 Å². The number of carbonyl (C=O) groups is 1. The predicted molar refractivity (Wildman–Crippen MR) is 111 cm³/mol. The molecule has 0 spiro atoms. The molecule has 1 fully saturated rings. The lowest BCUT2D eigenvalue weighted by molar-refractivity contribution is -0.130. The molecule has 4 rings (SSSR count). The SMILES string of the molecule is COc1cc(N2CCN(C(=O)CN3CCOc4ccccc43)CC2)ccc1Cl. The van der Waals surface area contributed by atoms with Crippen molar-refractivity contribution in [2.24, 2.45) is 0 Å². The molecule has 148 valence electrons. The van der Waals surface area contributed by atoms with E-state index in [2.05, 4.69) is 9.80 Å². The first-order valence-corrected chi connectivity index (χ1v) is 9.86. The van der Waals surface area contributed by atoms with Gasteiger partial charge >= 0.3 is 0 Å². The Morgan fingerprint density at radius 2 is 1.89 bits per heavy atom. The highest BCUT2D eigenvalue weighted by Crippen LogP contribution is 2.31. The summed E-state index contributed by atoms with van der Waals surface area (Å²) in [6.07, 6.45) is 0. The third kappa shape index (κ3) is 3.83. The molecule has 0 aromatic heterocycles. The summed E-state index contributed by atoms with van der Waals surface area (Å²) in [5, 5.41) is 0.603. The van der Waals surface area contributed by atoms with Crippen LogP contribution in [0.1, 0.15) is 0 Å². The zero-order chi connectivity index (χ0) is 19.5. The van der Waals surface area contributed by atoms with Gasteiger partial charge < -0.3 is 24.2 Å². The monoisotopic (exact) mass is 401 g/mol. The molecule has 0 unspecified atom stereocenters. The lowest BCUT2D eigenvalue weighted by Gasteiger charge is -2.38. The molecule has 0 radical (unpaired) electrons. The molecule has 0 N–H and O–H groups in total. The number of nitrogens with zero attached hydrogens (tertiary/aromatic N) is 3. The minimum Gasteiger partial charge on any atom is -0.495 e. The van der Waals surface area contributed by atoms with Gasteiger partial charge in [0.05, 0.1) is 30.9 Å². The van der Waals surface area contributed by atoms with Crippen molar-refractivity contribution in [1.82, 2.24) is 4.90 Å². The first kappa shape index (κ1) is 18.7. The summed E-state index contributed by atoms with van der Waals surface area (Å²) in [5.74, 6) is 1.68. The Labute approximate surface area is 170 Å². The van der Waals surface area contributed by atoms with Crippen molar-refractivity contribution in [3.63, 3.8) is 0 Å². The molecule has 2 heterocycles. The summed E-state index contributed by atoms with van der Waals surface area (Å²) >= 11 is 6.12. The number of amides is 1. The van der Waals surface area contributed by atoms with Crippen LogP contribution in [0.3, 0.4) is 0 Å². The zero-order valence-corrected chi connectivity index (χ0v) is 16.7. The van der Waals surface area contributed by atoms with E-state index in [0.717, 1.165) is 36.8 Å². The first-order chi connectivity index (χ1) is 13.7. The summed E-state index contributed by atoms with van der Waals surface area (Å²) in [4.78, 5) is 19.2. The number of halogens is 1. The number of rotatable bonds is 4. The lowest BCUT2D eigenvalue weighted by atomic mass is 10.2. The van der Waals surface area contributed by atoms with Crippen LogP contribution >= 0.6 is 11.6 Å². The maximum Gasteiger partial charge on any atom is 0.242 e. The molecule has 1 saturated heterocycles. The van der Waals surface area contributed by atoms with Crippen LogP contribution in [-0.4, -0.2) is 63.8 Å². The van der Waals surface area contributed by atoms with E-state index < -0.39 is 0 Å². The average Bonchev–Trinajstić information content (AvgIpc) is 2.74. The van der Waals surface area contributed by atoms with Gasteiger partial charge in [-0.25, -0.2) is 0 Å². The second-order valence-corrected chi connectivity index (χ2v) is 7.33. The smallest absolute Gasteiger partial charge is 0.242 e. The van der Waals surface area contributed by atoms with Gasteiger partial charge in [0.2, 0.25) is 5.91 Å². The quantitative estimate of drug-likeness (QED) is 0.788. The maximum absolute atomic E-state index is 12.9. The zero-order valence-electron chi connectivity index (χ0n) is 15.9. The van der Waals surface area contributed by atoms with Gasteiger partial charge in [-0.05, 0) is 24.3 Å². The van der Waals surface area contributed by atoms with Gasteiger partial charge in [-0.3, -0.25) is 4.79 Å². The van der Waals surface area contributed by atoms with Gasteiger partial charge in [0.25, 0.3) is 0 Å². The van der Waals surface area contributed by atoms with Crippen molar-refractivity contribution in [3.05, 3.63) is 47.5 Å². The second kappa shape index (κ2) is 8.19. The van der Waals surface area contributed by atoms with E-state index in [1.165, 1.54) is 0 Å². The standard InChI is InChI=1S/C21H24ClN3O3/c1-27-20-14-16(6-7-17(20)22)23-8-10-24(11-9-23)21(26)15-25-12-13-28-19-5-3-2-4-18(19)25/h2-7,14H,8-13,15H2,1H3. The number of piperazine rings is 1. The minimum absolute atomic E-state index is 0.157. The number of hydrogen-bond donors (Lipinski definition) is 0. The number of benzene rings is 2. The van der Waals surface area contributed by atoms with E-state index in [-0.39, 0.29) is 5.91 Å². The molecule has 0 aliphatic carbocycles. The Morgan fingerprint density at radius 3 is 2.68 bits per heavy atom. The van der Waals surface area contributed by atoms with Crippen LogP contribution in [0.25, 0.3) is 0 Å². The van der Waals surface area contributed by atoms with Gasteiger partial charge in [-0.2, -0.15) is 0 Å². The average molecular weight is 402 g/mol. The molecular weight excluding hydrogens is 378 g/mol. The second-order valence-electron chi connectivity index (χ2n) is 6.92. The van der Waals surface area contributed by atoms with Gasteiger partial charge in [0.15, 0.2) is 0 Å². The van der Waals surface area contributed by atoms with E-state index in [9.17, 15) is 4.79 Å². The number of hydrogen-bond acceptors (Lipinski definition) is 5. The molecule has 0 bridgehead atoms. The van der Waals surface area contributed by atoms with Gasteiger partial charge in [0.1, 0.15) is 18.1 Å². The van der Waals surface area contributed by atoms with Gasteiger partial charge in [-0.1, -0.05) is 23.7 Å². The summed E-state index contributed by atoms with van der Waals surface area (Å²) in [5.41, 5.74) is 2.06. The van der Waals surface area contributed by atoms with E-state index in [1.54, 1.807) is 7.11 Å². The van der Waals surface area contributed by atoms with Crippen LogP contribution < -0.4 is 19.3 Å². The van der Waals surface area contributed by atoms with Crippen molar-refractivity contribution in [2.45, 2.75) is 0 Å². The van der Waals surface area contributed by atoms with Crippen LogP contribution in [-0.2, 0) is 4.79 Å². The summed E-state index contributed by atoms with van der Waals surface area (Å²) in [7, 11) is 1.62. The molecule has 2 aromatic carbocycles.